The molecule has 16 heavy (non-hydrogen) atoms. The Morgan fingerprint density at radius 1 is 1.44 bits per heavy atom. The van der Waals surface area contributed by atoms with E-state index in [0.717, 1.165) is 24.2 Å². The molecule has 0 amide bonds. The predicted octanol–water partition coefficient (Wildman–Crippen LogP) is 2.58. The maximum Gasteiger partial charge on any atom is 0.337 e. The summed E-state index contributed by atoms with van der Waals surface area (Å²) in [7, 11) is 1.39. The van der Waals surface area contributed by atoms with Gasteiger partial charge in [0.25, 0.3) is 0 Å². The van der Waals surface area contributed by atoms with Gasteiger partial charge >= 0.3 is 5.97 Å². The molecule has 1 aromatic rings. The highest BCUT2D eigenvalue weighted by Gasteiger charge is 2.26. The number of hydrogen-bond acceptors (Lipinski definition) is 3. The first-order chi connectivity index (χ1) is 7.52. The smallest absolute Gasteiger partial charge is 0.337 e. The van der Waals surface area contributed by atoms with E-state index >= 15 is 0 Å². The maximum absolute atomic E-state index is 11.4. The van der Waals surface area contributed by atoms with Crippen molar-refractivity contribution in [1.29, 1.82) is 0 Å². The molecule has 1 heterocycles. The van der Waals surface area contributed by atoms with Gasteiger partial charge in [-0.2, -0.15) is 0 Å². The van der Waals surface area contributed by atoms with E-state index in [1.807, 2.05) is 12.1 Å². The lowest BCUT2D eigenvalue weighted by atomic mass is 9.93. The summed E-state index contributed by atoms with van der Waals surface area (Å²) in [6.45, 7) is 4.15. The van der Waals surface area contributed by atoms with Crippen molar-refractivity contribution in [2.24, 2.45) is 0 Å². The van der Waals surface area contributed by atoms with E-state index in [0.29, 0.717) is 5.56 Å². The second kappa shape index (κ2) is 3.81. The van der Waals surface area contributed by atoms with Crippen molar-refractivity contribution < 1.29 is 14.3 Å². The fraction of sp³-hybridized carbons (Fsp3) is 0.462. The number of fused-ring (bicyclic) bond motifs is 1. The first kappa shape index (κ1) is 11.0. The summed E-state index contributed by atoms with van der Waals surface area (Å²) in [6, 6.07) is 5.45. The first-order valence-corrected chi connectivity index (χ1v) is 5.42. The van der Waals surface area contributed by atoms with Crippen LogP contribution in [-0.4, -0.2) is 18.7 Å². The lowest BCUT2D eigenvalue weighted by Crippen LogP contribution is -2.32. The molecule has 3 heteroatoms. The van der Waals surface area contributed by atoms with Crippen molar-refractivity contribution in [3.8, 4) is 5.75 Å². The van der Waals surface area contributed by atoms with Gasteiger partial charge in [-0.15, -0.1) is 0 Å². The Labute approximate surface area is 95.4 Å². The monoisotopic (exact) mass is 220 g/mol. The van der Waals surface area contributed by atoms with Crippen LogP contribution < -0.4 is 4.74 Å². The zero-order chi connectivity index (χ0) is 11.8. The molecule has 0 bridgehead atoms. The Balaban J connectivity index is 2.32. The number of rotatable bonds is 1. The second-order valence-corrected chi connectivity index (χ2v) is 4.68. The Morgan fingerprint density at radius 2 is 2.19 bits per heavy atom. The van der Waals surface area contributed by atoms with Gasteiger partial charge in [-0.3, -0.25) is 0 Å². The average molecular weight is 220 g/mol. The van der Waals surface area contributed by atoms with Crippen LogP contribution in [0.15, 0.2) is 18.2 Å². The lowest BCUT2D eigenvalue weighted by molar-refractivity contribution is 0.0599. The molecule has 0 saturated heterocycles. The molecule has 0 saturated carbocycles. The first-order valence-electron chi connectivity index (χ1n) is 5.42. The SMILES string of the molecule is COC(=O)c1ccc2c(c1)CCC(C)(C)O2. The molecule has 0 aromatic heterocycles. The van der Waals surface area contributed by atoms with Crippen LogP contribution in [0.3, 0.4) is 0 Å². The molecule has 2 rings (SSSR count). The van der Waals surface area contributed by atoms with Gasteiger partial charge in [0.05, 0.1) is 12.7 Å². The quantitative estimate of drug-likeness (QED) is 0.682. The standard InChI is InChI=1S/C13H16O3/c1-13(2)7-6-9-8-10(12(14)15-3)4-5-11(9)16-13/h4-5,8H,6-7H2,1-3H3. The average Bonchev–Trinajstić information content (AvgIpc) is 2.26. The molecular weight excluding hydrogens is 204 g/mol. The zero-order valence-electron chi connectivity index (χ0n) is 9.87. The highest BCUT2D eigenvalue weighted by molar-refractivity contribution is 5.89. The molecule has 0 fully saturated rings. The largest absolute Gasteiger partial charge is 0.488 e. The number of ether oxygens (including phenoxy) is 2. The zero-order valence-corrected chi connectivity index (χ0v) is 9.87. The van der Waals surface area contributed by atoms with E-state index in [1.165, 1.54) is 7.11 Å². The summed E-state index contributed by atoms with van der Waals surface area (Å²) in [4.78, 5) is 11.4. The van der Waals surface area contributed by atoms with Crippen LogP contribution in [0.25, 0.3) is 0 Å². The van der Waals surface area contributed by atoms with Crippen molar-refractivity contribution in [2.75, 3.05) is 7.11 Å². The van der Waals surface area contributed by atoms with E-state index in [-0.39, 0.29) is 11.6 Å². The van der Waals surface area contributed by atoms with Crippen LogP contribution in [0.5, 0.6) is 5.75 Å². The van der Waals surface area contributed by atoms with E-state index in [1.54, 1.807) is 6.07 Å². The third kappa shape index (κ3) is 2.03. The summed E-state index contributed by atoms with van der Waals surface area (Å²) in [5.74, 6) is 0.580. The Kier molecular flexibility index (Phi) is 2.62. The van der Waals surface area contributed by atoms with E-state index in [2.05, 4.69) is 18.6 Å². The second-order valence-electron chi connectivity index (χ2n) is 4.68. The number of carbonyl (C=O) groups excluding carboxylic acids is 1. The van der Waals surface area contributed by atoms with Gasteiger partial charge in [-0.1, -0.05) is 0 Å². The maximum atomic E-state index is 11.4. The van der Waals surface area contributed by atoms with Gasteiger partial charge < -0.3 is 9.47 Å². The van der Waals surface area contributed by atoms with Crippen molar-refractivity contribution in [1.82, 2.24) is 0 Å². The Morgan fingerprint density at radius 3 is 2.88 bits per heavy atom. The van der Waals surface area contributed by atoms with Crippen molar-refractivity contribution in [3.63, 3.8) is 0 Å². The highest BCUT2D eigenvalue weighted by atomic mass is 16.5. The highest BCUT2D eigenvalue weighted by Crippen LogP contribution is 2.33. The minimum Gasteiger partial charge on any atom is -0.488 e. The molecule has 1 aliphatic heterocycles. The molecule has 0 aliphatic carbocycles. The topological polar surface area (TPSA) is 35.5 Å². The minimum absolute atomic E-state index is 0.111. The van der Waals surface area contributed by atoms with Crippen LogP contribution in [0.2, 0.25) is 0 Å². The number of aryl methyl sites for hydroxylation is 1. The minimum atomic E-state index is -0.298. The number of methoxy groups -OCH3 is 1. The molecule has 0 unspecified atom stereocenters. The Bertz CT molecular complexity index is 421. The third-order valence-electron chi connectivity index (χ3n) is 2.86. The molecular formula is C13H16O3. The molecule has 86 valence electrons. The summed E-state index contributed by atoms with van der Waals surface area (Å²) >= 11 is 0. The molecule has 0 N–H and O–H groups in total. The van der Waals surface area contributed by atoms with Crippen LogP contribution >= 0.6 is 0 Å². The normalized spacial score (nSPS) is 17.2. The molecule has 1 aromatic carbocycles. The number of carbonyl (C=O) groups is 1. The molecule has 0 radical (unpaired) electrons. The van der Waals surface area contributed by atoms with Gasteiger partial charge in [-0.25, -0.2) is 4.79 Å². The molecule has 0 spiro atoms. The third-order valence-corrected chi connectivity index (χ3v) is 2.86. The molecule has 0 atom stereocenters. The summed E-state index contributed by atoms with van der Waals surface area (Å²) in [6.07, 6.45) is 1.90. The summed E-state index contributed by atoms with van der Waals surface area (Å²) in [5, 5.41) is 0. The van der Waals surface area contributed by atoms with Crippen LogP contribution in [0.4, 0.5) is 0 Å². The van der Waals surface area contributed by atoms with Gasteiger partial charge in [0.15, 0.2) is 0 Å². The van der Waals surface area contributed by atoms with Crippen molar-refractivity contribution in [2.45, 2.75) is 32.3 Å². The van der Waals surface area contributed by atoms with Crippen molar-refractivity contribution >= 4 is 5.97 Å². The number of benzene rings is 1. The van der Waals surface area contributed by atoms with Gasteiger partial charge in [-0.05, 0) is 50.5 Å². The molecule has 1 aliphatic rings. The van der Waals surface area contributed by atoms with Gasteiger partial charge in [0, 0.05) is 0 Å². The predicted molar refractivity (Wildman–Crippen MR) is 60.8 cm³/mol. The van der Waals surface area contributed by atoms with Crippen LogP contribution in [0.1, 0.15) is 36.2 Å². The molecule has 3 nitrogen and oxygen atoms in total. The van der Waals surface area contributed by atoms with E-state index in [4.69, 9.17) is 4.74 Å². The fourth-order valence-electron chi connectivity index (χ4n) is 1.90. The van der Waals surface area contributed by atoms with Gasteiger partial charge in [0.2, 0.25) is 0 Å². The van der Waals surface area contributed by atoms with Crippen LogP contribution in [0, 0.1) is 0 Å². The number of hydrogen-bond donors (Lipinski definition) is 0. The lowest BCUT2D eigenvalue weighted by Gasteiger charge is -2.32. The van der Waals surface area contributed by atoms with Gasteiger partial charge in [0.1, 0.15) is 11.4 Å². The van der Waals surface area contributed by atoms with E-state index < -0.39 is 0 Å². The summed E-state index contributed by atoms with van der Waals surface area (Å²) < 4.78 is 10.5. The summed E-state index contributed by atoms with van der Waals surface area (Å²) in [5.41, 5.74) is 1.56. The van der Waals surface area contributed by atoms with Crippen molar-refractivity contribution in [3.05, 3.63) is 29.3 Å². The Hall–Kier alpha value is -1.51. The fourth-order valence-corrected chi connectivity index (χ4v) is 1.90. The van der Waals surface area contributed by atoms with Crippen LogP contribution in [-0.2, 0) is 11.2 Å². The number of esters is 1. The van der Waals surface area contributed by atoms with E-state index in [9.17, 15) is 4.79 Å².